The van der Waals surface area contributed by atoms with Crippen molar-refractivity contribution in [2.45, 2.75) is 20.0 Å². The summed E-state index contributed by atoms with van der Waals surface area (Å²) < 4.78 is 9.80. The molecule has 0 aliphatic heterocycles. The minimum absolute atomic E-state index is 0.0519. The number of methoxy groups -OCH3 is 1. The molecule has 0 aromatic heterocycles. The van der Waals surface area contributed by atoms with Crippen molar-refractivity contribution in [1.82, 2.24) is 0 Å². The number of carbonyl (C=O) groups excluding carboxylic acids is 1. The zero-order chi connectivity index (χ0) is 7.98. The van der Waals surface area contributed by atoms with Crippen molar-refractivity contribution < 1.29 is 14.3 Å². The number of ketones is 1. The first-order chi connectivity index (χ1) is 4.68. The molecule has 1 atom stereocenters. The minimum atomic E-state index is -0.296. The van der Waals surface area contributed by atoms with E-state index in [-0.39, 0.29) is 11.9 Å². The molecular weight excluding hydrogens is 132 g/mol. The first-order valence-electron chi connectivity index (χ1n) is 3.29. The second-order valence-electron chi connectivity index (χ2n) is 2.12. The lowest BCUT2D eigenvalue weighted by Gasteiger charge is -2.07. The molecular formula is C7H14O3. The molecule has 1 unspecified atom stereocenters. The summed E-state index contributed by atoms with van der Waals surface area (Å²) >= 11 is 0. The van der Waals surface area contributed by atoms with E-state index in [1.807, 2.05) is 0 Å². The SMILES string of the molecule is COCCOC(C)C(C)=O. The number of hydrogen-bond acceptors (Lipinski definition) is 3. The van der Waals surface area contributed by atoms with Crippen LogP contribution in [-0.4, -0.2) is 32.2 Å². The molecule has 3 nitrogen and oxygen atoms in total. The summed E-state index contributed by atoms with van der Waals surface area (Å²) in [6.45, 7) is 4.27. The van der Waals surface area contributed by atoms with Crippen LogP contribution in [0, 0.1) is 0 Å². The molecule has 0 fully saturated rings. The lowest BCUT2D eigenvalue weighted by molar-refractivity contribution is -0.127. The van der Waals surface area contributed by atoms with Crippen LogP contribution < -0.4 is 0 Å². The predicted molar refractivity (Wildman–Crippen MR) is 38.0 cm³/mol. The monoisotopic (exact) mass is 146 g/mol. The molecule has 0 aromatic rings. The average molecular weight is 146 g/mol. The maximum absolute atomic E-state index is 10.6. The Labute approximate surface area is 61.3 Å². The van der Waals surface area contributed by atoms with Crippen molar-refractivity contribution in [2.24, 2.45) is 0 Å². The van der Waals surface area contributed by atoms with E-state index in [0.29, 0.717) is 13.2 Å². The number of rotatable bonds is 5. The third-order valence-electron chi connectivity index (χ3n) is 1.23. The normalized spacial score (nSPS) is 13.1. The van der Waals surface area contributed by atoms with E-state index in [0.717, 1.165) is 0 Å². The van der Waals surface area contributed by atoms with Crippen molar-refractivity contribution in [3.8, 4) is 0 Å². The van der Waals surface area contributed by atoms with Crippen molar-refractivity contribution in [3.63, 3.8) is 0 Å². The highest BCUT2D eigenvalue weighted by molar-refractivity contribution is 5.79. The summed E-state index contributed by atoms with van der Waals surface area (Å²) in [5, 5.41) is 0. The summed E-state index contributed by atoms with van der Waals surface area (Å²) in [5.74, 6) is 0.0519. The molecule has 0 aromatic carbocycles. The molecule has 60 valence electrons. The molecule has 3 heteroatoms. The second kappa shape index (κ2) is 5.38. The lowest BCUT2D eigenvalue weighted by Crippen LogP contribution is -2.19. The fourth-order valence-electron chi connectivity index (χ4n) is 0.426. The molecule has 0 amide bonds. The van der Waals surface area contributed by atoms with Gasteiger partial charge in [-0.25, -0.2) is 0 Å². The summed E-state index contributed by atoms with van der Waals surface area (Å²) in [4.78, 5) is 10.6. The Morgan fingerprint density at radius 3 is 2.50 bits per heavy atom. The van der Waals surface area contributed by atoms with Crippen LogP contribution in [0.3, 0.4) is 0 Å². The predicted octanol–water partition coefficient (Wildman–Crippen LogP) is 0.627. The fraction of sp³-hybridized carbons (Fsp3) is 0.857. The first kappa shape index (κ1) is 9.59. The zero-order valence-corrected chi connectivity index (χ0v) is 6.72. The lowest BCUT2D eigenvalue weighted by atomic mass is 10.3. The fourth-order valence-corrected chi connectivity index (χ4v) is 0.426. The van der Waals surface area contributed by atoms with E-state index in [1.165, 1.54) is 6.92 Å². The molecule has 0 bridgehead atoms. The molecule has 0 spiro atoms. The highest BCUT2D eigenvalue weighted by Gasteiger charge is 2.05. The van der Waals surface area contributed by atoms with E-state index < -0.39 is 0 Å². The van der Waals surface area contributed by atoms with Crippen LogP contribution >= 0.6 is 0 Å². The Morgan fingerprint density at radius 2 is 2.10 bits per heavy atom. The molecule has 0 rings (SSSR count). The molecule has 0 aliphatic carbocycles. The smallest absolute Gasteiger partial charge is 0.158 e. The van der Waals surface area contributed by atoms with Crippen LogP contribution in [0.2, 0.25) is 0 Å². The number of Topliss-reactive ketones (excluding diaryl/α,β-unsaturated/α-hetero) is 1. The van der Waals surface area contributed by atoms with Gasteiger partial charge in [0.2, 0.25) is 0 Å². The van der Waals surface area contributed by atoms with Crippen LogP contribution in [0.1, 0.15) is 13.8 Å². The van der Waals surface area contributed by atoms with E-state index in [1.54, 1.807) is 14.0 Å². The third kappa shape index (κ3) is 4.47. The highest BCUT2D eigenvalue weighted by Crippen LogP contribution is 1.90. The van der Waals surface area contributed by atoms with Gasteiger partial charge in [0.05, 0.1) is 13.2 Å². The summed E-state index contributed by atoms with van der Waals surface area (Å²) in [5.41, 5.74) is 0. The van der Waals surface area contributed by atoms with E-state index in [2.05, 4.69) is 0 Å². The Kier molecular flexibility index (Phi) is 5.16. The van der Waals surface area contributed by atoms with Crippen LogP contribution in [0.5, 0.6) is 0 Å². The molecule has 10 heavy (non-hydrogen) atoms. The first-order valence-corrected chi connectivity index (χ1v) is 3.29. The topological polar surface area (TPSA) is 35.5 Å². The van der Waals surface area contributed by atoms with Gasteiger partial charge >= 0.3 is 0 Å². The summed E-state index contributed by atoms with van der Waals surface area (Å²) in [7, 11) is 1.60. The van der Waals surface area contributed by atoms with Crippen molar-refractivity contribution in [1.29, 1.82) is 0 Å². The molecule has 0 N–H and O–H groups in total. The molecule has 0 radical (unpaired) electrons. The highest BCUT2D eigenvalue weighted by atomic mass is 16.5. The van der Waals surface area contributed by atoms with Gasteiger partial charge in [0, 0.05) is 7.11 Å². The maximum Gasteiger partial charge on any atom is 0.158 e. The summed E-state index contributed by atoms with van der Waals surface area (Å²) in [6.07, 6.45) is -0.296. The third-order valence-corrected chi connectivity index (χ3v) is 1.23. The van der Waals surface area contributed by atoms with Crippen molar-refractivity contribution in [2.75, 3.05) is 20.3 Å². The van der Waals surface area contributed by atoms with Gasteiger partial charge in [-0.05, 0) is 13.8 Å². The van der Waals surface area contributed by atoms with E-state index in [9.17, 15) is 4.79 Å². The van der Waals surface area contributed by atoms with Gasteiger partial charge in [-0.2, -0.15) is 0 Å². The Morgan fingerprint density at radius 1 is 1.50 bits per heavy atom. The zero-order valence-electron chi connectivity index (χ0n) is 6.72. The van der Waals surface area contributed by atoms with Gasteiger partial charge in [0.1, 0.15) is 6.10 Å². The minimum Gasteiger partial charge on any atom is -0.382 e. The molecule has 0 saturated carbocycles. The van der Waals surface area contributed by atoms with E-state index in [4.69, 9.17) is 9.47 Å². The van der Waals surface area contributed by atoms with Crippen LogP contribution in [0.15, 0.2) is 0 Å². The number of carbonyl (C=O) groups is 1. The van der Waals surface area contributed by atoms with Gasteiger partial charge in [0.15, 0.2) is 5.78 Å². The molecule has 0 heterocycles. The second-order valence-corrected chi connectivity index (χ2v) is 2.12. The van der Waals surface area contributed by atoms with Crippen molar-refractivity contribution >= 4 is 5.78 Å². The maximum atomic E-state index is 10.6. The Hall–Kier alpha value is -0.410. The van der Waals surface area contributed by atoms with Gasteiger partial charge in [-0.15, -0.1) is 0 Å². The van der Waals surface area contributed by atoms with Gasteiger partial charge < -0.3 is 9.47 Å². The van der Waals surface area contributed by atoms with Crippen LogP contribution in [0.4, 0.5) is 0 Å². The van der Waals surface area contributed by atoms with Gasteiger partial charge in [-0.3, -0.25) is 4.79 Å². The average Bonchev–Trinajstić information content (AvgIpc) is 1.88. The Balaban J connectivity index is 3.21. The number of hydrogen-bond donors (Lipinski definition) is 0. The number of ether oxygens (including phenoxy) is 2. The quantitative estimate of drug-likeness (QED) is 0.533. The van der Waals surface area contributed by atoms with Gasteiger partial charge in [0.25, 0.3) is 0 Å². The van der Waals surface area contributed by atoms with Crippen LogP contribution in [0.25, 0.3) is 0 Å². The molecule has 0 aliphatic rings. The van der Waals surface area contributed by atoms with Gasteiger partial charge in [-0.1, -0.05) is 0 Å². The largest absolute Gasteiger partial charge is 0.382 e. The van der Waals surface area contributed by atoms with Crippen LogP contribution in [-0.2, 0) is 14.3 Å². The molecule has 0 saturated heterocycles. The van der Waals surface area contributed by atoms with E-state index >= 15 is 0 Å². The van der Waals surface area contributed by atoms with Crippen molar-refractivity contribution in [3.05, 3.63) is 0 Å². The summed E-state index contributed by atoms with van der Waals surface area (Å²) in [6, 6.07) is 0. The standard InChI is InChI=1S/C7H14O3/c1-6(8)7(2)10-5-4-9-3/h7H,4-5H2,1-3H3. The Bertz CT molecular complexity index is 101.